The Bertz CT molecular complexity index is 610. The highest BCUT2D eigenvalue weighted by Crippen LogP contribution is 2.25. The Morgan fingerprint density at radius 1 is 1.32 bits per heavy atom. The number of hydrogen-bond donors (Lipinski definition) is 2. The third kappa shape index (κ3) is 3.71. The zero-order chi connectivity index (χ0) is 15.4. The van der Waals surface area contributed by atoms with E-state index in [2.05, 4.69) is 20.1 Å². The molecule has 6 heteroatoms. The van der Waals surface area contributed by atoms with E-state index in [-0.39, 0.29) is 6.42 Å². The SMILES string of the molecule is O=C(O)Cc1ccc(CN2CCC[C@H](c3ncn[nH]3)C2)cc1. The lowest BCUT2D eigenvalue weighted by atomic mass is 9.97. The normalized spacial score (nSPS) is 19.2. The largest absolute Gasteiger partial charge is 0.481 e. The van der Waals surface area contributed by atoms with Gasteiger partial charge in [-0.05, 0) is 30.5 Å². The van der Waals surface area contributed by atoms with Crippen molar-refractivity contribution >= 4 is 5.97 Å². The number of hydrogen-bond acceptors (Lipinski definition) is 4. The Morgan fingerprint density at radius 2 is 2.09 bits per heavy atom. The minimum Gasteiger partial charge on any atom is -0.481 e. The van der Waals surface area contributed by atoms with Gasteiger partial charge >= 0.3 is 5.97 Å². The van der Waals surface area contributed by atoms with E-state index in [1.807, 2.05) is 24.3 Å². The summed E-state index contributed by atoms with van der Waals surface area (Å²) in [4.78, 5) is 17.4. The molecular weight excluding hydrogens is 280 g/mol. The molecule has 0 bridgehead atoms. The zero-order valence-corrected chi connectivity index (χ0v) is 12.4. The molecule has 0 amide bonds. The highest BCUT2D eigenvalue weighted by molar-refractivity contribution is 5.70. The monoisotopic (exact) mass is 300 g/mol. The molecule has 2 N–H and O–H groups in total. The van der Waals surface area contributed by atoms with Gasteiger partial charge in [0.25, 0.3) is 0 Å². The number of aromatic nitrogens is 3. The average molecular weight is 300 g/mol. The molecule has 1 fully saturated rings. The maximum atomic E-state index is 10.7. The van der Waals surface area contributed by atoms with Crippen LogP contribution in [-0.2, 0) is 17.8 Å². The first kappa shape index (κ1) is 14.7. The molecular formula is C16H20N4O2. The molecule has 0 aliphatic carbocycles. The summed E-state index contributed by atoms with van der Waals surface area (Å²) in [6.07, 6.45) is 3.94. The predicted octanol–water partition coefficient (Wildman–Crippen LogP) is 1.81. The molecule has 3 rings (SSSR count). The fraction of sp³-hybridized carbons (Fsp3) is 0.438. The van der Waals surface area contributed by atoms with Gasteiger partial charge in [-0.25, -0.2) is 4.98 Å². The quantitative estimate of drug-likeness (QED) is 0.880. The smallest absolute Gasteiger partial charge is 0.307 e. The molecule has 116 valence electrons. The summed E-state index contributed by atoms with van der Waals surface area (Å²) in [5.74, 6) is 0.600. The predicted molar refractivity (Wildman–Crippen MR) is 81.4 cm³/mol. The number of rotatable bonds is 5. The van der Waals surface area contributed by atoms with Gasteiger partial charge in [-0.15, -0.1) is 0 Å². The second-order valence-corrected chi connectivity index (χ2v) is 5.83. The Kier molecular flexibility index (Phi) is 4.48. The summed E-state index contributed by atoms with van der Waals surface area (Å²) >= 11 is 0. The molecule has 1 aliphatic rings. The minimum atomic E-state index is -0.793. The molecule has 22 heavy (non-hydrogen) atoms. The van der Waals surface area contributed by atoms with Crippen molar-refractivity contribution in [3.63, 3.8) is 0 Å². The van der Waals surface area contributed by atoms with Gasteiger partial charge < -0.3 is 5.11 Å². The number of carbonyl (C=O) groups is 1. The first-order chi connectivity index (χ1) is 10.7. The Hall–Kier alpha value is -2.21. The number of carboxylic acid groups (broad SMARTS) is 1. The van der Waals surface area contributed by atoms with Gasteiger partial charge in [0.2, 0.25) is 0 Å². The third-order valence-electron chi connectivity index (χ3n) is 4.11. The number of aliphatic carboxylic acids is 1. The van der Waals surface area contributed by atoms with E-state index in [9.17, 15) is 4.79 Å². The van der Waals surface area contributed by atoms with Crippen LogP contribution < -0.4 is 0 Å². The molecule has 1 aromatic heterocycles. The van der Waals surface area contributed by atoms with Crippen molar-refractivity contribution in [2.45, 2.75) is 31.7 Å². The standard InChI is InChI=1S/C16H20N4O2/c21-15(22)8-12-3-5-13(6-4-12)9-20-7-1-2-14(10-20)16-17-11-18-19-16/h3-6,11,14H,1-2,7-10H2,(H,21,22)(H,17,18,19)/t14-/m0/s1. The van der Waals surface area contributed by atoms with Gasteiger partial charge in [-0.3, -0.25) is 14.8 Å². The van der Waals surface area contributed by atoms with E-state index in [0.717, 1.165) is 43.9 Å². The summed E-state index contributed by atoms with van der Waals surface area (Å²) < 4.78 is 0. The van der Waals surface area contributed by atoms with Gasteiger partial charge in [0.05, 0.1) is 6.42 Å². The van der Waals surface area contributed by atoms with Gasteiger partial charge in [0.1, 0.15) is 12.2 Å². The highest BCUT2D eigenvalue weighted by Gasteiger charge is 2.23. The lowest BCUT2D eigenvalue weighted by Crippen LogP contribution is -2.34. The second-order valence-electron chi connectivity index (χ2n) is 5.83. The summed E-state index contributed by atoms with van der Waals surface area (Å²) in [7, 11) is 0. The fourth-order valence-corrected chi connectivity index (χ4v) is 3.03. The van der Waals surface area contributed by atoms with Crippen LogP contribution in [0, 0.1) is 0 Å². The molecule has 1 aromatic carbocycles. The van der Waals surface area contributed by atoms with Gasteiger partial charge in [0, 0.05) is 19.0 Å². The van der Waals surface area contributed by atoms with E-state index in [1.165, 1.54) is 5.56 Å². The van der Waals surface area contributed by atoms with Crippen molar-refractivity contribution in [2.75, 3.05) is 13.1 Å². The van der Waals surface area contributed by atoms with Crippen molar-refractivity contribution in [3.8, 4) is 0 Å². The molecule has 2 heterocycles. The van der Waals surface area contributed by atoms with Crippen LogP contribution in [0.2, 0.25) is 0 Å². The number of likely N-dealkylation sites (tertiary alicyclic amines) is 1. The lowest BCUT2D eigenvalue weighted by molar-refractivity contribution is -0.136. The van der Waals surface area contributed by atoms with Crippen molar-refractivity contribution in [2.24, 2.45) is 0 Å². The molecule has 1 saturated heterocycles. The molecule has 0 saturated carbocycles. The second kappa shape index (κ2) is 6.70. The first-order valence-electron chi connectivity index (χ1n) is 7.58. The van der Waals surface area contributed by atoms with Gasteiger partial charge in [0.15, 0.2) is 0 Å². The van der Waals surface area contributed by atoms with Gasteiger partial charge in [-0.1, -0.05) is 24.3 Å². The van der Waals surface area contributed by atoms with E-state index in [4.69, 9.17) is 5.11 Å². The van der Waals surface area contributed by atoms with Crippen LogP contribution >= 0.6 is 0 Å². The Labute approximate surface area is 129 Å². The number of aromatic amines is 1. The molecule has 1 atom stereocenters. The average Bonchev–Trinajstić information content (AvgIpc) is 3.03. The van der Waals surface area contributed by atoms with Crippen LogP contribution in [0.5, 0.6) is 0 Å². The summed E-state index contributed by atoms with van der Waals surface area (Å²) in [5, 5.41) is 15.7. The van der Waals surface area contributed by atoms with E-state index in [0.29, 0.717) is 5.92 Å². The number of benzene rings is 1. The molecule has 0 radical (unpaired) electrons. The minimum absolute atomic E-state index is 0.0809. The number of nitrogens with zero attached hydrogens (tertiary/aromatic N) is 3. The zero-order valence-electron chi connectivity index (χ0n) is 12.4. The molecule has 0 unspecified atom stereocenters. The fourth-order valence-electron chi connectivity index (χ4n) is 3.03. The van der Waals surface area contributed by atoms with Crippen LogP contribution in [0.15, 0.2) is 30.6 Å². The lowest BCUT2D eigenvalue weighted by Gasteiger charge is -2.31. The number of nitrogens with one attached hydrogen (secondary N) is 1. The molecule has 6 nitrogen and oxygen atoms in total. The maximum Gasteiger partial charge on any atom is 0.307 e. The first-order valence-corrected chi connectivity index (χ1v) is 7.58. The summed E-state index contributed by atoms with van der Waals surface area (Å²) in [6.45, 7) is 2.95. The number of H-pyrrole nitrogens is 1. The highest BCUT2D eigenvalue weighted by atomic mass is 16.4. The Balaban J connectivity index is 1.59. The molecule has 2 aromatic rings. The van der Waals surface area contributed by atoms with Crippen LogP contribution in [0.25, 0.3) is 0 Å². The van der Waals surface area contributed by atoms with Crippen molar-refractivity contribution in [3.05, 3.63) is 47.5 Å². The number of piperidine rings is 1. The molecule has 1 aliphatic heterocycles. The van der Waals surface area contributed by atoms with Crippen molar-refractivity contribution < 1.29 is 9.90 Å². The molecule has 0 spiro atoms. The van der Waals surface area contributed by atoms with Crippen LogP contribution in [0.4, 0.5) is 0 Å². The Morgan fingerprint density at radius 3 is 2.77 bits per heavy atom. The maximum absolute atomic E-state index is 10.7. The van der Waals surface area contributed by atoms with Crippen LogP contribution in [-0.4, -0.2) is 44.2 Å². The van der Waals surface area contributed by atoms with Crippen LogP contribution in [0.1, 0.15) is 35.7 Å². The van der Waals surface area contributed by atoms with Crippen molar-refractivity contribution in [1.29, 1.82) is 0 Å². The van der Waals surface area contributed by atoms with Gasteiger partial charge in [-0.2, -0.15) is 5.10 Å². The summed E-state index contributed by atoms with van der Waals surface area (Å²) in [6, 6.07) is 7.86. The van der Waals surface area contributed by atoms with Crippen LogP contribution in [0.3, 0.4) is 0 Å². The van der Waals surface area contributed by atoms with E-state index in [1.54, 1.807) is 6.33 Å². The van der Waals surface area contributed by atoms with Crippen molar-refractivity contribution in [1.82, 2.24) is 20.1 Å². The topological polar surface area (TPSA) is 82.1 Å². The van der Waals surface area contributed by atoms with E-state index >= 15 is 0 Å². The third-order valence-corrected chi connectivity index (χ3v) is 4.11. The number of carboxylic acids is 1. The van der Waals surface area contributed by atoms with E-state index < -0.39 is 5.97 Å². The summed E-state index contributed by atoms with van der Waals surface area (Å²) in [5.41, 5.74) is 2.06.